The highest BCUT2D eigenvalue weighted by atomic mass is 32.1. The molecule has 0 amide bonds. The van der Waals surface area contributed by atoms with Crippen LogP contribution >= 0.6 is 11.3 Å². The first kappa shape index (κ1) is 12.9. The van der Waals surface area contributed by atoms with Gasteiger partial charge in [-0.15, -0.1) is 11.3 Å². The standard InChI is InChI=1S/C13H21NO2S/c1-3-14-13(10-4-6-16-7-5-10)12-8-11(15-2)9-17-12/h8-10,13-14H,3-7H2,1-2H3. The minimum absolute atomic E-state index is 0.456. The average molecular weight is 255 g/mol. The Balaban J connectivity index is 2.09. The predicted molar refractivity (Wildman–Crippen MR) is 70.8 cm³/mol. The van der Waals surface area contributed by atoms with Crippen molar-refractivity contribution < 1.29 is 9.47 Å². The Bertz CT molecular complexity index is 334. The third-order valence-corrected chi connectivity index (χ3v) is 4.29. The summed E-state index contributed by atoms with van der Waals surface area (Å²) in [5, 5.41) is 5.69. The molecule has 4 heteroatoms. The topological polar surface area (TPSA) is 30.5 Å². The number of nitrogens with one attached hydrogen (secondary N) is 1. The summed E-state index contributed by atoms with van der Waals surface area (Å²) in [6.45, 7) is 4.96. The summed E-state index contributed by atoms with van der Waals surface area (Å²) in [5.74, 6) is 1.66. The van der Waals surface area contributed by atoms with Gasteiger partial charge in [0.05, 0.1) is 7.11 Å². The maximum atomic E-state index is 5.44. The zero-order valence-corrected chi connectivity index (χ0v) is 11.4. The maximum absolute atomic E-state index is 5.44. The molecule has 0 aliphatic carbocycles. The van der Waals surface area contributed by atoms with Crippen molar-refractivity contribution in [3.8, 4) is 5.75 Å². The molecule has 96 valence electrons. The molecule has 1 atom stereocenters. The molecule has 1 aliphatic heterocycles. The van der Waals surface area contributed by atoms with Crippen molar-refractivity contribution >= 4 is 11.3 Å². The molecule has 2 heterocycles. The van der Waals surface area contributed by atoms with Gasteiger partial charge in [-0.25, -0.2) is 0 Å². The van der Waals surface area contributed by atoms with Crippen LogP contribution in [0.5, 0.6) is 5.75 Å². The fraction of sp³-hybridized carbons (Fsp3) is 0.692. The van der Waals surface area contributed by atoms with Gasteiger partial charge in [-0.05, 0) is 31.4 Å². The fourth-order valence-electron chi connectivity index (χ4n) is 2.37. The first-order chi connectivity index (χ1) is 8.35. The van der Waals surface area contributed by atoms with Gasteiger partial charge in [0.2, 0.25) is 0 Å². The molecule has 0 radical (unpaired) electrons. The number of hydrogen-bond acceptors (Lipinski definition) is 4. The highest BCUT2D eigenvalue weighted by Gasteiger charge is 2.25. The number of thiophene rings is 1. The normalized spacial score (nSPS) is 19.2. The fourth-order valence-corrected chi connectivity index (χ4v) is 3.40. The van der Waals surface area contributed by atoms with E-state index in [9.17, 15) is 0 Å². The van der Waals surface area contributed by atoms with E-state index in [1.54, 1.807) is 18.4 Å². The van der Waals surface area contributed by atoms with E-state index in [1.807, 2.05) is 0 Å². The van der Waals surface area contributed by atoms with E-state index in [4.69, 9.17) is 9.47 Å². The SMILES string of the molecule is CCNC(c1cc(OC)cs1)C1CCOCC1. The molecule has 1 aliphatic rings. The van der Waals surface area contributed by atoms with Gasteiger partial charge in [0.15, 0.2) is 0 Å². The maximum Gasteiger partial charge on any atom is 0.129 e. The Morgan fingerprint density at radius 3 is 2.88 bits per heavy atom. The molecule has 1 saturated heterocycles. The average Bonchev–Trinajstić information content (AvgIpc) is 2.85. The summed E-state index contributed by atoms with van der Waals surface area (Å²) in [6, 6.07) is 2.62. The second kappa shape index (κ2) is 6.38. The van der Waals surface area contributed by atoms with E-state index < -0.39 is 0 Å². The summed E-state index contributed by atoms with van der Waals surface area (Å²) >= 11 is 1.79. The summed E-state index contributed by atoms with van der Waals surface area (Å²) in [7, 11) is 1.72. The highest BCUT2D eigenvalue weighted by Crippen LogP contribution is 2.35. The van der Waals surface area contributed by atoms with E-state index >= 15 is 0 Å². The first-order valence-electron chi connectivity index (χ1n) is 6.28. The van der Waals surface area contributed by atoms with E-state index in [2.05, 4.69) is 23.7 Å². The molecular formula is C13H21NO2S. The summed E-state index contributed by atoms with van der Waals surface area (Å²) in [6.07, 6.45) is 2.30. The van der Waals surface area contributed by atoms with Crippen LogP contribution in [0.2, 0.25) is 0 Å². The number of hydrogen-bond donors (Lipinski definition) is 1. The van der Waals surface area contributed by atoms with Gasteiger partial charge in [-0.3, -0.25) is 0 Å². The van der Waals surface area contributed by atoms with Crippen molar-refractivity contribution in [2.75, 3.05) is 26.9 Å². The zero-order valence-electron chi connectivity index (χ0n) is 10.6. The minimum atomic E-state index is 0.456. The minimum Gasteiger partial charge on any atom is -0.496 e. The quantitative estimate of drug-likeness (QED) is 0.877. The van der Waals surface area contributed by atoms with Crippen LogP contribution in [0.3, 0.4) is 0 Å². The molecule has 1 unspecified atom stereocenters. The lowest BCUT2D eigenvalue weighted by Crippen LogP contribution is -2.31. The number of ether oxygens (including phenoxy) is 2. The molecule has 0 saturated carbocycles. The molecule has 1 fully saturated rings. The monoisotopic (exact) mass is 255 g/mol. The molecule has 2 rings (SSSR count). The van der Waals surface area contributed by atoms with Crippen LogP contribution in [0, 0.1) is 5.92 Å². The van der Waals surface area contributed by atoms with Crippen molar-refractivity contribution in [2.24, 2.45) is 5.92 Å². The van der Waals surface area contributed by atoms with Crippen LogP contribution in [0.25, 0.3) is 0 Å². The number of rotatable bonds is 5. The Morgan fingerprint density at radius 2 is 2.29 bits per heavy atom. The van der Waals surface area contributed by atoms with E-state index in [0.717, 1.165) is 38.3 Å². The van der Waals surface area contributed by atoms with Gasteiger partial charge in [-0.2, -0.15) is 0 Å². The molecule has 1 aromatic rings. The van der Waals surface area contributed by atoms with Crippen LogP contribution in [0.15, 0.2) is 11.4 Å². The van der Waals surface area contributed by atoms with Crippen molar-refractivity contribution in [3.05, 3.63) is 16.3 Å². The van der Waals surface area contributed by atoms with Crippen molar-refractivity contribution in [2.45, 2.75) is 25.8 Å². The van der Waals surface area contributed by atoms with Gasteiger partial charge in [-0.1, -0.05) is 6.92 Å². The molecule has 17 heavy (non-hydrogen) atoms. The molecule has 3 nitrogen and oxygen atoms in total. The van der Waals surface area contributed by atoms with Crippen molar-refractivity contribution in [1.29, 1.82) is 0 Å². The van der Waals surface area contributed by atoms with Gasteiger partial charge < -0.3 is 14.8 Å². The van der Waals surface area contributed by atoms with Crippen molar-refractivity contribution in [1.82, 2.24) is 5.32 Å². The molecule has 1 aromatic heterocycles. The largest absolute Gasteiger partial charge is 0.496 e. The Labute approximate surface area is 107 Å². The molecular weight excluding hydrogens is 234 g/mol. The van der Waals surface area contributed by atoms with Crippen LogP contribution in [-0.2, 0) is 4.74 Å². The van der Waals surface area contributed by atoms with E-state index in [1.165, 1.54) is 4.88 Å². The number of methoxy groups -OCH3 is 1. The van der Waals surface area contributed by atoms with E-state index in [-0.39, 0.29) is 0 Å². The molecule has 1 N–H and O–H groups in total. The second-order valence-electron chi connectivity index (χ2n) is 4.37. The predicted octanol–water partition coefficient (Wildman–Crippen LogP) is 2.83. The second-order valence-corrected chi connectivity index (χ2v) is 5.32. The third-order valence-electron chi connectivity index (χ3n) is 3.30. The van der Waals surface area contributed by atoms with Gasteiger partial charge in [0.1, 0.15) is 5.75 Å². The van der Waals surface area contributed by atoms with Gasteiger partial charge in [0.25, 0.3) is 0 Å². The smallest absolute Gasteiger partial charge is 0.129 e. The summed E-state index contributed by atoms with van der Waals surface area (Å²) in [4.78, 5) is 1.38. The summed E-state index contributed by atoms with van der Waals surface area (Å²) < 4.78 is 10.7. The lowest BCUT2D eigenvalue weighted by atomic mass is 9.90. The Morgan fingerprint density at radius 1 is 1.53 bits per heavy atom. The van der Waals surface area contributed by atoms with Gasteiger partial charge in [0, 0.05) is 29.5 Å². The lowest BCUT2D eigenvalue weighted by molar-refractivity contribution is 0.0542. The van der Waals surface area contributed by atoms with Crippen molar-refractivity contribution in [3.63, 3.8) is 0 Å². The van der Waals surface area contributed by atoms with Gasteiger partial charge >= 0.3 is 0 Å². The lowest BCUT2D eigenvalue weighted by Gasteiger charge is -2.30. The van der Waals surface area contributed by atoms with Crippen LogP contribution in [0.1, 0.15) is 30.7 Å². The zero-order chi connectivity index (χ0) is 12.1. The van der Waals surface area contributed by atoms with E-state index in [0.29, 0.717) is 12.0 Å². The molecule has 0 spiro atoms. The van der Waals surface area contributed by atoms with Crippen LogP contribution in [-0.4, -0.2) is 26.9 Å². The Hall–Kier alpha value is -0.580. The first-order valence-corrected chi connectivity index (χ1v) is 7.16. The molecule has 0 bridgehead atoms. The highest BCUT2D eigenvalue weighted by molar-refractivity contribution is 7.10. The third kappa shape index (κ3) is 3.21. The Kier molecular flexibility index (Phi) is 4.83. The molecule has 0 aromatic carbocycles. The van der Waals surface area contributed by atoms with Crippen LogP contribution in [0.4, 0.5) is 0 Å². The van der Waals surface area contributed by atoms with Crippen LogP contribution < -0.4 is 10.1 Å². The summed E-state index contributed by atoms with van der Waals surface area (Å²) in [5.41, 5.74) is 0.